The molecule has 0 aromatic heterocycles. The Morgan fingerprint density at radius 2 is 0.911 bits per heavy atom. The maximum absolute atomic E-state index is 12.4. The van der Waals surface area contributed by atoms with Crippen LogP contribution in [-0.4, -0.2) is 98.9 Å². The van der Waals surface area contributed by atoms with Crippen LogP contribution < -0.4 is 10.6 Å². The molecule has 0 aliphatic rings. The highest BCUT2D eigenvalue weighted by atomic mass is 16.6. The highest BCUT2D eigenvalue weighted by molar-refractivity contribution is 5.70. The number of amides is 2. The van der Waals surface area contributed by atoms with E-state index in [9.17, 15) is 24.3 Å². The van der Waals surface area contributed by atoms with Crippen LogP contribution >= 0.6 is 0 Å². The van der Waals surface area contributed by atoms with Crippen LogP contribution in [-0.2, 0) is 28.5 Å². The number of unbranched alkanes of at least 4 members (excludes halogenated alkanes) is 15. The first-order valence-electron chi connectivity index (χ1n) is 22.8. The normalized spacial score (nSPS) is 12.2. The van der Waals surface area contributed by atoms with Gasteiger partial charge in [0.05, 0.1) is 26.1 Å². The van der Waals surface area contributed by atoms with Crippen molar-refractivity contribution in [3.05, 3.63) is 0 Å². The molecule has 0 heterocycles. The van der Waals surface area contributed by atoms with Crippen LogP contribution in [0.25, 0.3) is 0 Å². The maximum atomic E-state index is 12.4. The van der Waals surface area contributed by atoms with Gasteiger partial charge < -0.3 is 39.6 Å². The molecule has 0 aliphatic carbocycles. The summed E-state index contributed by atoms with van der Waals surface area (Å²) in [5, 5.41) is 14.9. The van der Waals surface area contributed by atoms with E-state index in [1.807, 2.05) is 18.7 Å². The van der Waals surface area contributed by atoms with Gasteiger partial charge in [-0.15, -0.1) is 0 Å². The van der Waals surface area contributed by atoms with Crippen molar-refractivity contribution in [1.29, 1.82) is 0 Å². The van der Waals surface area contributed by atoms with Gasteiger partial charge in [0, 0.05) is 32.8 Å². The molecule has 2 unspecified atom stereocenters. The Bertz CT molecular complexity index is 871. The largest absolute Gasteiger partial charge is 0.466 e. The topological polar surface area (TPSA) is 153 Å². The second kappa shape index (κ2) is 40.6. The Morgan fingerprint density at radius 3 is 1.32 bits per heavy atom. The van der Waals surface area contributed by atoms with Gasteiger partial charge in [-0.2, -0.15) is 0 Å². The number of hydrogen-bond donors (Lipinski definition) is 3. The quantitative estimate of drug-likeness (QED) is 0.0310. The molecule has 3 N–H and O–H groups in total. The predicted molar refractivity (Wildman–Crippen MR) is 225 cm³/mol. The molecule has 12 heteroatoms. The van der Waals surface area contributed by atoms with Crippen molar-refractivity contribution in [3.8, 4) is 0 Å². The van der Waals surface area contributed by atoms with Crippen LogP contribution in [0.15, 0.2) is 0 Å². The third-order valence-electron chi connectivity index (χ3n) is 10.1. The molecule has 0 aromatic carbocycles. The fourth-order valence-electron chi connectivity index (χ4n) is 6.37. The summed E-state index contributed by atoms with van der Waals surface area (Å²) in [5.74, 6) is -0.558. The van der Waals surface area contributed by atoms with Gasteiger partial charge in [-0.05, 0) is 96.4 Å². The standard InChI is InChI=1S/C44H85N3O9/c1-5-9-11-13-15-19-27-39(7-3)55-43(51)45-31-21-17-25-37-53-41(49)29-34-47(33-23-24-36-48)35-30-42(50)54-38-26-18-22-32-46-44(52)56-40(8-4)28-20-16-14-12-10-6-2/h39-40,48H,5-38H2,1-4H3,(H,45,51)(H,46,52). The molecule has 0 bridgehead atoms. The van der Waals surface area contributed by atoms with Gasteiger partial charge >= 0.3 is 24.1 Å². The van der Waals surface area contributed by atoms with E-state index in [1.165, 1.54) is 64.2 Å². The number of carbonyl (C=O) groups is 4. The van der Waals surface area contributed by atoms with Gasteiger partial charge in [-0.3, -0.25) is 9.59 Å². The number of alkyl carbamates (subject to hydrolysis) is 2. The van der Waals surface area contributed by atoms with Crippen LogP contribution in [0.3, 0.4) is 0 Å². The third kappa shape index (κ3) is 35.8. The van der Waals surface area contributed by atoms with Gasteiger partial charge in [-0.1, -0.05) is 91.9 Å². The molecule has 330 valence electrons. The molecule has 0 saturated carbocycles. The zero-order valence-electron chi connectivity index (χ0n) is 36.4. The zero-order chi connectivity index (χ0) is 41.3. The van der Waals surface area contributed by atoms with Gasteiger partial charge in [0.25, 0.3) is 0 Å². The van der Waals surface area contributed by atoms with Crippen molar-refractivity contribution >= 4 is 24.1 Å². The lowest BCUT2D eigenvalue weighted by molar-refractivity contribution is -0.144. The Labute approximate surface area is 341 Å². The second-order valence-electron chi connectivity index (χ2n) is 15.2. The summed E-state index contributed by atoms with van der Waals surface area (Å²) in [6, 6.07) is 0. The van der Waals surface area contributed by atoms with Gasteiger partial charge in [0.2, 0.25) is 0 Å². The molecule has 0 aromatic rings. The van der Waals surface area contributed by atoms with E-state index in [2.05, 4.69) is 24.5 Å². The van der Waals surface area contributed by atoms with E-state index in [-0.39, 0.29) is 55.8 Å². The summed E-state index contributed by atoms with van der Waals surface area (Å²) in [5.41, 5.74) is 0. The number of nitrogens with one attached hydrogen (secondary N) is 2. The second-order valence-corrected chi connectivity index (χ2v) is 15.2. The Morgan fingerprint density at radius 1 is 0.500 bits per heavy atom. The number of aliphatic hydroxyl groups excluding tert-OH is 1. The van der Waals surface area contributed by atoms with E-state index in [0.29, 0.717) is 65.2 Å². The lowest BCUT2D eigenvalue weighted by Gasteiger charge is -2.21. The van der Waals surface area contributed by atoms with Crippen molar-refractivity contribution in [3.63, 3.8) is 0 Å². The lowest BCUT2D eigenvalue weighted by Crippen LogP contribution is -2.31. The summed E-state index contributed by atoms with van der Waals surface area (Å²) in [7, 11) is 0. The number of aliphatic hydroxyl groups is 1. The van der Waals surface area contributed by atoms with Crippen LogP contribution in [0, 0.1) is 0 Å². The molecule has 12 nitrogen and oxygen atoms in total. The predicted octanol–water partition coefficient (Wildman–Crippen LogP) is 9.78. The van der Waals surface area contributed by atoms with Crippen molar-refractivity contribution in [2.75, 3.05) is 52.5 Å². The van der Waals surface area contributed by atoms with Crippen LogP contribution in [0.1, 0.15) is 195 Å². The van der Waals surface area contributed by atoms with Crippen molar-refractivity contribution in [1.82, 2.24) is 15.5 Å². The number of nitrogens with zero attached hydrogens (tertiary/aromatic N) is 1. The molecule has 56 heavy (non-hydrogen) atoms. The fourth-order valence-corrected chi connectivity index (χ4v) is 6.37. The summed E-state index contributed by atoms with van der Waals surface area (Å²) in [6.45, 7) is 11.9. The first-order chi connectivity index (χ1) is 27.3. The summed E-state index contributed by atoms with van der Waals surface area (Å²) in [6.07, 6.45) is 23.8. The molecule has 0 spiro atoms. The van der Waals surface area contributed by atoms with Crippen LogP contribution in [0.5, 0.6) is 0 Å². The van der Waals surface area contributed by atoms with Crippen molar-refractivity contribution in [2.45, 2.75) is 207 Å². The average Bonchev–Trinajstić information content (AvgIpc) is 3.19. The fraction of sp³-hybridized carbons (Fsp3) is 0.909. The van der Waals surface area contributed by atoms with Gasteiger partial charge in [0.1, 0.15) is 12.2 Å². The summed E-state index contributed by atoms with van der Waals surface area (Å²) in [4.78, 5) is 51.2. The lowest BCUT2D eigenvalue weighted by atomic mass is 10.1. The van der Waals surface area contributed by atoms with Crippen LogP contribution in [0.4, 0.5) is 9.59 Å². The number of carbonyl (C=O) groups excluding carboxylic acids is 4. The molecule has 0 saturated heterocycles. The minimum Gasteiger partial charge on any atom is -0.466 e. The maximum Gasteiger partial charge on any atom is 0.407 e. The molecule has 2 atom stereocenters. The minimum atomic E-state index is -0.356. The van der Waals surface area contributed by atoms with E-state index in [4.69, 9.17) is 18.9 Å². The Kier molecular flexibility index (Phi) is 38.7. The number of esters is 2. The van der Waals surface area contributed by atoms with Crippen LogP contribution in [0.2, 0.25) is 0 Å². The number of hydrogen-bond acceptors (Lipinski definition) is 10. The summed E-state index contributed by atoms with van der Waals surface area (Å²) >= 11 is 0. The molecule has 0 aliphatic heterocycles. The van der Waals surface area contributed by atoms with Crippen molar-refractivity contribution in [2.24, 2.45) is 0 Å². The highest BCUT2D eigenvalue weighted by Crippen LogP contribution is 2.14. The molecule has 0 rings (SSSR count). The van der Waals surface area contributed by atoms with Gasteiger partial charge in [0.15, 0.2) is 0 Å². The Balaban J connectivity index is 4.06. The van der Waals surface area contributed by atoms with Crippen molar-refractivity contribution < 1.29 is 43.2 Å². The third-order valence-corrected chi connectivity index (χ3v) is 10.1. The zero-order valence-corrected chi connectivity index (χ0v) is 36.4. The molecule has 0 radical (unpaired) electrons. The molecule has 2 amide bonds. The van der Waals surface area contributed by atoms with E-state index in [1.54, 1.807) is 0 Å². The monoisotopic (exact) mass is 800 g/mol. The first-order valence-corrected chi connectivity index (χ1v) is 22.8. The van der Waals surface area contributed by atoms with E-state index in [0.717, 1.165) is 70.6 Å². The van der Waals surface area contributed by atoms with Gasteiger partial charge in [-0.25, -0.2) is 9.59 Å². The number of ether oxygens (including phenoxy) is 4. The Hall–Kier alpha value is -2.60. The molecular weight excluding hydrogens is 714 g/mol. The smallest absolute Gasteiger partial charge is 0.407 e. The average molecular weight is 800 g/mol. The number of rotatable bonds is 40. The first kappa shape index (κ1) is 53.4. The SMILES string of the molecule is CCCCCCCCC(CC)OC(=O)NCCCCCOC(=O)CCN(CCCCO)CCC(=O)OCCCCCNC(=O)OC(CC)CCCCCCCC. The minimum absolute atomic E-state index is 0.0340. The van der Waals surface area contributed by atoms with E-state index < -0.39 is 0 Å². The highest BCUT2D eigenvalue weighted by Gasteiger charge is 2.15. The summed E-state index contributed by atoms with van der Waals surface area (Å²) < 4.78 is 22.0. The molecular formula is C44H85N3O9. The van der Waals surface area contributed by atoms with E-state index >= 15 is 0 Å². The molecule has 0 fully saturated rings.